The zero-order chi connectivity index (χ0) is 11.8. The van der Waals surface area contributed by atoms with E-state index in [1.807, 2.05) is 0 Å². The first kappa shape index (κ1) is 14.0. The van der Waals surface area contributed by atoms with Crippen molar-refractivity contribution in [2.75, 3.05) is 19.6 Å². The molecule has 1 heterocycles. The molecule has 16 heavy (non-hydrogen) atoms. The highest BCUT2D eigenvalue weighted by atomic mass is 15.2. The zero-order valence-electron chi connectivity index (χ0n) is 11.5. The quantitative estimate of drug-likeness (QED) is 0.671. The van der Waals surface area contributed by atoms with Crippen molar-refractivity contribution in [2.24, 2.45) is 0 Å². The van der Waals surface area contributed by atoms with Gasteiger partial charge in [-0.1, -0.05) is 40.0 Å². The Bertz CT molecular complexity index is 158. The van der Waals surface area contributed by atoms with Gasteiger partial charge in [0, 0.05) is 25.2 Å². The van der Waals surface area contributed by atoms with Crippen molar-refractivity contribution in [1.82, 2.24) is 10.2 Å². The van der Waals surface area contributed by atoms with Crippen LogP contribution in [0.15, 0.2) is 0 Å². The Morgan fingerprint density at radius 3 is 2.06 bits per heavy atom. The van der Waals surface area contributed by atoms with Crippen molar-refractivity contribution in [3.8, 4) is 0 Å². The molecule has 0 aliphatic carbocycles. The van der Waals surface area contributed by atoms with E-state index in [9.17, 15) is 0 Å². The van der Waals surface area contributed by atoms with Gasteiger partial charge in [0.1, 0.15) is 0 Å². The average Bonchev–Trinajstić information content (AvgIpc) is 2.34. The summed E-state index contributed by atoms with van der Waals surface area (Å²) in [5.41, 5.74) is 0. The number of nitrogens with one attached hydrogen (secondary N) is 1. The first-order valence-corrected chi connectivity index (χ1v) is 7.28. The van der Waals surface area contributed by atoms with Crippen LogP contribution in [0.3, 0.4) is 0 Å². The Morgan fingerprint density at radius 2 is 1.56 bits per heavy atom. The van der Waals surface area contributed by atoms with Crippen molar-refractivity contribution in [3.05, 3.63) is 0 Å². The molecule has 1 aliphatic heterocycles. The van der Waals surface area contributed by atoms with Crippen molar-refractivity contribution >= 4 is 0 Å². The lowest BCUT2D eigenvalue weighted by molar-refractivity contribution is 0.153. The fourth-order valence-electron chi connectivity index (χ4n) is 2.58. The fourth-order valence-corrected chi connectivity index (χ4v) is 2.58. The molecule has 96 valence electrons. The molecule has 0 bridgehead atoms. The van der Waals surface area contributed by atoms with Crippen LogP contribution >= 0.6 is 0 Å². The van der Waals surface area contributed by atoms with Crippen LogP contribution in [-0.2, 0) is 0 Å². The molecular weight excluding hydrogens is 196 g/mol. The Morgan fingerprint density at radius 1 is 0.938 bits per heavy atom. The molecule has 0 amide bonds. The molecule has 0 aromatic carbocycles. The fraction of sp³-hybridized carbons (Fsp3) is 1.00. The van der Waals surface area contributed by atoms with Crippen LogP contribution in [0.1, 0.15) is 59.3 Å². The highest BCUT2D eigenvalue weighted by molar-refractivity contribution is 4.84. The molecule has 2 unspecified atom stereocenters. The number of nitrogens with zero attached hydrogens (tertiary/aromatic N) is 1. The van der Waals surface area contributed by atoms with Gasteiger partial charge in [0.25, 0.3) is 0 Å². The Balaban J connectivity index is 2.23. The molecule has 1 rings (SSSR count). The summed E-state index contributed by atoms with van der Waals surface area (Å²) in [6, 6.07) is 1.45. The minimum absolute atomic E-state index is 0.727. The molecule has 0 saturated carbocycles. The number of piperazine rings is 1. The second-order valence-corrected chi connectivity index (χ2v) is 5.20. The van der Waals surface area contributed by atoms with Gasteiger partial charge < -0.3 is 10.2 Å². The van der Waals surface area contributed by atoms with Crippen molar-refractivity contribution in [1.29, 1.82) is 0 Å². The van der Waals surface area contributed by atoms with E-state index in [0.29, 0.717) is 0 Å². The van der Waals surface area contributed by atoms with Crippen molar-refractivity contribution in [3.63, 3.8) is 0 Å². The van der Waals surface area contributed by atoms with Gasteiger partial charge in [-0.15, -0.1) is 0 Å². The molecule has 1 N–H and O–H groups in total. The molecule has 1 aliphatic rings. The maximum Gasteiger partial charge on any atom is 0.0195 e. The van der Waals surface area contributed by atoms with Crippen LogP contribution in [0.2, 0.25) is 0 Å². The van der Waals surface area contributed by atoms with Crippen LogP contribution < -0.4 is 5.32 Å². The van der Waals surface area contributed by atoms with Gasteiger partial charge in [-0.2, -0.15) is 0 Å². The van der Waals surface area contributed by atoms with Crippen molar-refractivity contribution in [2.45, 2.75) is 71.4 Å². The van der Waals surface area contributed by atoms with Crippen LogP contribution in [0.5, 0.6) is 0 Å². The Labute approximate surface area is 102 Å². The summed E-state index contributed by atoms with van der Waals surface area (Å²) in [6.45, 7) is 10.7. The van der Waals surface area contributed by atoms with Gasteiger partial charge in [0.15, 0.2) is 0 Å². The third kappa shape index (κ3) is 4.84. The maximum atomic E-state index is 3.74. The van der Waals surface area contributed by atoms with Gasteiger partial charge in [0.2, 0.25) is 0 Å². The van der Waals surface area contributed by atoms with Gasteiger partial charge in [-0.3, -0.25) is 0 Å². The highest BCUT2D eigenvalue weighted by Gasteiger charge is 2.23. The lowest BCUT2D eigenvalue weighted by atomic mass is 10.0. The van der Waals surface area contributed by atoms with Crippen molar-refractivity contribution < 1.29 is 0 Å². The summed E-state index contributed by atoms with van der Waals surface area (Å²) >= 11 is 0. The zero-order valence-corrected chi connectivity index (χ0v) is 11.5. The molecule has 0 spiro atoms. The largest absolute Gasteiger partial charge is 0.309 e. The Hall–Kier alpha value is -0.0800. The second-order valence-electron chi connectivity index (χ2n) is 5.20. The van der Waals surface area contributed by atoms with E-state index in [0.717, 1.165) is 12.1 Å². The van der Waals surface area contributed by atoms with Gasteiger partial charge >= 0.3 is 0 Å². The van der Waals surface area contributed by atoms with E-state index in [1.54, 1.807) is 0 Å². The predicted molar refractivity (Wildman–Crippen MR) is 71.9 cm³/mol. The summed E-state index contributed by atoms with van der Waals surface area (Å²) in [7, 11) is 0. The number of rotatable bonds is 7. The number of unbranched alkanes of at least 4 members (excludes halogenated alkanes) is 3. The second kappa shape index (κ2) is 8.08. The number of hydrogen-bond acceptors (Lipinski definition) is 2. The summed E-state index contributed by atoms with van der Waals surface area (Å²) < 4.78 is 0. The SMILES string of the molecule is CCCCCCN1CC(CC)NC(CC)C1. The first-order valence-electron chi connectivity index (χ1n) is 7.28. The van der Waals surface area contributed by atoms with E-state index >= 15 is 0 Å². The summed E-state index contributed by atoms with van der Waals surface area (Å²) in [6.07, 6.45) is 8.08. The maximum absolute atomic E-state index is 3.74. The third-order valence-electron chi connectivity index (χ3n) is 3.74. The molecule has 0 aromatic heterocycles. The molecule has 1 saturated heterocycles. The smallest absolute Gasteiger partial charge is 0.0195 e. The van der Waals surface area contributed by atoms with Crippen LogP contribution in [0.25, 0.3) is 0 Å². The van der Waals surface area contributed by atoms with Gasteiger partial charge in [-0.25, -0.2) is 0 Å². The van der Waals surface area contributed by atoms with E-state index in [1.165, 1.54) is 58.2 Å². The molecule has 2 nitrogen and oxygen atoms in total. The molecule has 1 fully saturated rings. The van der Waals surface area contributed by atoms with Gasteiger partial charge in [-0.05, 0) is 25.8 Å². The van der Waals surface area contributed by atoms with E-state index in [4.69, 9.17) is 0 Å². The monoisotopic (exact) mass is 226 g/mol. The number of hydrogen-bond donors (Lipinski definition) is 1. The van der Waals surface area contributed by atoms with Crippen LogP contribution in [0.4, 0.5) is 0 Å². The Kier molecular flexibility index (Phi) is 7.06. The average molecular weight is 226 g/mol. The summed E-state index contributed by atoms with van der Waals surface area (Å²) in [5, 5.41) is 3.74. The minimum atomic E-state index is 0.727. The molecule has 0 aromatic rings. The predicted octanol–water partition coefficient (Wildman–Crippen LogP) is 3.03. The standard InChI is InChI=1S/C14H30N2/c1-4-7-8-9-10-16-11-13(5-2)15-14(6-3)12-16/h13-15H,4-12H2,1-3H3. The molecule has 2 heteroatoms. The summed E-state index contributed by atoms with van der Waals surface area (Å²) in [4.78, 5) is 2.68. The third-order valence-corrected chi connectivity index (χ3v) is 3.74. The van der Waals surface area contributed by atoms with E-state index < -0.39 is 0 Å². The summed E-state index contributed by atoms with van der Waals surface area (Å²) in [5.74, 6) is 0. The molecule has 2 atom stereocenters. The van der Waals surface area contributed by atoms with Crippen LogP contribution in [-0.4, -0.2) is 36.6 Å². The molecular formula is C14H30N2. The van der Waals surface area contributed by atoms with Gasteiger partial charge in [0.05, 0.1) is 0 Å². The minimum Gasteiger partial charge on any atom is -0.309 e. The lowest BCUT2D eigenvalue weighted by Gasteiger charge is -2.38. The van der Waals surface area contributed by atoms with E-state index in [2.05, 4.69) is 31.0 Å². The lowest BCUT2D eigenvalue weighted by Crippen LogP contribution is -2.56. The first-order chi connectivity index (χ1) is 7.80. The van der Waals surface area contributed by atoms with E-state index in [-0.39, 0.29) is 0 Å². The normalized spacial score (nSPS) is 27.2. The highest BCUT2D eigenvalue weighted by Crippen LogP contribution is 2.11. The topological polar surface area (TPSA) is 15.3 Å². The van der Waals surface area contributed by atoms with Crippen LogP contribution in [0, 0.1) is 0 Å². The molecule has 0 radical (unpaired) electrons.